The van der Waals surface area contributed by atoms with Crippen molar-refractivity contribution in [2.45, 2.75) is 53.8 Å². The van der Waals surface area contributed by atoms with Gasteiger partial charge in [0, 0.05) is 0 Å². The molecule has 1 nitrogen and oxygen atoms in total. The van der Waals surface area contributed by atoms with Gasteiger partial charge in [0.05, 0.1) is 12.2 Å². The van der Waals surface area contributed by atoms with Crippen LogP contribution in [0.25, 0.3) is 0 Å². The third-order valence-corrected chi connectivity index (χ3v) is 1.97. The van der Waals surface area contributed by atoms with Crippen LogP contribution in [-0.2, 0) is 4.74 Å². The molecule has 86 valence electrons. The molecule has 0 aliphatic rings. The van der Waals surface area contributed by atoms with Crippen LogP contribution in [0.2, 0.25) is 0 Å². The Labute approximate surface area is 94.5 Å². The molecule has 0 spiro atoms. The van der Waals surface area contributed by atoms with E-state index in [0.717, 1.165) is 0 Å². The van der Waals surface area contributed by atoms with E-state index >= 15 is 0 Å². The van der Waals surface area contributed by atoms with Gasteiger partial charge in [0.2, 0.25) is 0 Å². The fourth-order valence-corrected chi connectivity index (χ4v) is 1.21. The fraction of sp³-hybridized carbons (Fsp3) is 0.571. The molecule has 0 unspecified atom stereocenters. The highest BCUT2D eigenvalue weighted by atomic mass is 16.5. The van der Waals surface area contributed by atoms with E-state index in [4.69, 9.17) is 4.74 Å². The Bertz CT molecular complexity index is 237. The average Bonchev–Trinajstić information content (AvgIpc) is 2.08. The van der Waals surface area contributed by atoms with Gasteiger partial charge in [0.15, 0.2) is 0 Å². The lowest BCUT2D eigenvalue weighted by Crippen LogP contribution is -2.09. The van der Waals surface area contributed by atoms with Gasteiger partial charge in [-0.15, -0.1) is 0 Å². The minimum absolute atomic E-state index is 0.375. The van der Waals surface area contributed by atoms with Crippen molar-refractivity contribution >= 4 is 0 Å². The van der Waals surface area contributed by atoms with E-state index in [1.54, 1.807) is 0 Å². The van der Waals surface area contributed by atoms with Crippen LogP contribution >= 0.6 is 0 Å². The smallest absolute Gasteiger partial charge is 0.0522 e. The number of benzene rings is 1. The van der Waals surface area contributed by atoms with Gasteiger partial charge in [-0.25, -0.2) is 0 Å². The van der Waals surface area contributed by atoms with Crippen LogP contribution in [0.15, 0.2) is 24.3 Å². The van der Waals surface area contributed by atoms with Crippen molar-refractivity contribution in [2.75, 3.05) is 0 Å². The summed E-state index contributed by atoms with van der Waals surface area (Å²) in [6.07, 6.45) is 0.750. The Kier molecular flexibility index (Phi) is 7.06. The monoisotopic (exact) mass is 208 g/mol. The van der Waals surface area contributed by atoms with Crippen molar-refractivity contribution < 1.29 is 4.74 Å². The molecule has 1 heteroatoms. The number of rotatable bonds is 2. The quantitative estimate of drug-likeness (QED) is 0.710. The van der Waals surface area contributed by atoms with Gasteiger partial charge in [-0.2, -0.15) is 0 Å². The summed E-state index contributed by atoms with van der Waals surface area (Å²) in [7, 11) is 0. The maximum absolute atomic E-state index is 5.25. The summed E-state index contributed by atoms with van der Waals surface area (Å²) < 4.78 is 5.25. The summed E-state index contributed by atoms with van der Waals surface area (Å²) >= 11 is 0. The summed E-state index contributed by atoms with van der Waals surface area (Å²) in [6, 6.07) is 8.36. The zero-order chi connectivity index (χ0) is 11.8. The molecule has 0 bridgehead atoms. The van der Waals surface area contributed by atoms with Crippen LogP contribution in [0.1, 0.15) is 38.8 Å². The second kappa shape index (κ2) is 7.47. The number of hydrogen-bond donors (Lipinski definition) is 0. The second-order valence-corrected chi connectivity index (χ2v) is 4.32. The Morgan fingerprint density at radius 2 is 1.13 bits per heavy atom. The maximum Gasteiger partial charge on any atom is 0.0522 e. The van der Waals surface area contributed by atoms with E-state index in [2.05, 4.69) is 38.1 Å². The predicted molar refractivity (Wildman–Crippen MR) is 67.3 cm³/mol. The minimum atomic E-state index is 0.375. The zero-order valence-corrected chi connectivity index (χ0v) is 10.9. The van der Waals surface area contributed by atoms with Gasteiger partial charge in [-0.3, -0.25) is 0 Å². The molecule has 1 aromatic carbocycles. The minimum Gasteiger partial charge on any atom is -0.376 e. The molecule has 0 amide bonds. The highest BCUT2D eigenvalue weighted by molar-refractivity contribution is 5.23. The molecular weight excluding hydrogens is 184 g/mol. The van der Waals surface area contributed by atoms with Gasteiger partial charge in [0.1, 0.15) is 0 Å². The normalized spacial score (nSPS) is 10.1. The first-order chi connectivity index (χ1) is 6.93. The van der Waals surface area contributed by atoms with Crippen LogP contribution in [0.3, 0.4) is 0 Å². The summed E-state index contributed by atoms with van der Waals surface area (Å²) in [5.41, 5.74) is 2.74. The van der Waals surface area contributed by atoms with Gasteiger partial charge >= 0.3 is 0 Å². The third kappa shape index (κ3) is 8.19. The molecule has 0 N–H and O–H groups in total. The largest absolute Gasteiger partial charge is 0.376 e. The molecular formula is C14H24O. The average molecular weight is 208 g/mol. The van der Waals surface area contributed by atoms with E-state index in [1.807, 2.05) is 27.7 Å². The molecule has 0 heterocycles. The van der Waals surface area contributed by atoms with Crippen molar-refractivity contribution in [3.8, 4) is 0 Å². The van der Waals surface area contributed by atoms with E-state index in [0.29, 0.717) is 12.2 Å². The highest BCUT2D eigenvalue weighted by Crippen LogP contribution is 2.02. The Morgan fingerprint density at radius 1 is 0.800 bits per heavy atom. The van der Waals surface area contributed by atoms with Crippen LogP contribution in [0.5, 0.6) is 0 Å². The summed E-state index contributed by atoms with van der Waals surface area (Å²) in [5, 5.41) is 0. The lowest BCUT2D eigenvalue weighted by atomic mass is 10.1. The van der Waals surface area contributed by atoms with E-state index in [1.165, 1.54) is 11.1 Å². The van der Waals surface area contributed by atoms with Crippen molar-refractivity contribution in [1.29, 1.82) is 0 Å². The molecule has 1 aromatic rings. The Balaban J connectivity index is 0.000000265. The molecule has 0 atom stereocenters. The molecule has 15 heavy (non-hydrogen) atoms. The zero-order valence-electron chi connectivity index (χ0n) is 10.9. The summed E-state index contributed by atoms with van der Waals surface area (Å²) in [4.78, 5) is 0. The number of aryl methyl sites for hydroxylation is 2. The van der Waals surface area contributed by atoms with Crippen LogP contribution in [0, 0.1) is 13.8 Å². The molecule has 1 rings (SSSR count). The first kappa shape index (κ1) is 14.2. The third-order valence-electron chi connectivity index (χ3n) is 1.97. The fourth-order valence-electron chi connectivity index (χ4n) is 1.21. The second-order valence-electron chi connectivity index (χ2n) is 4.32. The van der Waals surface area contributed by atoms with Crippen LogP contribution in [-0.4, -0.2) is 12.2 Å². The van der Waals surface area contributed by atoms with Crippen molar-refractivity contribution in [3.05, 3.63) is 35.4 Å². The van der Waals surface area contributed by atoms with Crippen molar-refractivity contribution in [3.63, 3.8) is 0 Å². The maximum atomic E-state index is 5.25. The number of ether oxygens (including phenoxy) is 1. The molecule has 0 fully saturated rings. The molecule has 0 radical (unpaired) electrons. The Morgan fingerprint density at radius 3 is 1.27 bits per heavy atom. The van der Waals surface area contributed by atoms with Crippen LogP contribution < -0.4 is 0 Å². The predicted octanol–water partition coefficient (Wildman–Crippen LogP) is 4.12. The van der Waals surface area contributed by atoms with E-state index < -0.39 is 0 Å². The van der Waals surface area contributed by atoms with Gasteiger partial charge in [-0.05, 0) is 52.7 Å². The molecule has 0 aromatic heterocycles. The van der Waals surface area contributed by atoms with E-state index in [-0.39, 0.29) is 0 Å². The highest BCUT2D eigenvalue weighted by Gasteiger charge is 1.94. The standard InChI is InChI=1S/C8H10.C6H14O/c1-7-5-3-4-6-8(7)2;1-5(2)7-6(3)4/h3-6H,1-2H3;5-6H,1-4H3. The molecule has 0 aliphatic carbocycles. The van der Waals surface area contributed by atoms with Crippen molar-refractivity contribution in [2.24, 2.45) is 0 Å². The van der Waals surface area contributed by atoms with Gasteiger partial charge in [0.25, 0.3) is 0 Å². The van der Waals surface area contributed by atoms with Crippen molar-refractivity contribution in [1.82, 2.24) is 0 Å². The molecule has 0 saturated carbocycles. The van der Waals surface area contributed by atoms with Crippen LogP contribution in [0.4, 0.5) is 0 Å². The van der Waals surface area contributed by atoms with E-state index in [9.17, 15) is 0 Å². The first-order valence-electron chi connectivity index (χ1n) is 5.61. The Hall–Kier alpha value is -0.820. The number of hydrogen-bond acceptors (Lipinski definition) is 1. The van der Waals surface area contributed by atoms with Gasteiger partial charge < -0.3 is 4.74 Å². The summed E-state index contributed by atoms with van der Waals surface area (Å²) in [6.45, 7) is 12.4. The lowest BCUT2D eigenvalue weighted by Gasteiger charge is -2.09. The first-order valence-corrected chi connectivity index (χ1v) is 5.61. The topological polar surface area (TPSA) is 9.23 Å². The SMILES string of the molecule is CC(C)OC(C)C.Cc1ccccc1C. The van der Waals surface area contributed by atoms with Gasteiger partial charge in [-0.1, -0.05) is 24.3 Å². The lowest BCUT2D eigenvalue weighted by molar-refractivity contribution is 0.0300. The molecule has 0 aliphatic heterocycles. The molecule has 0 saturated heterocycles. The summed E-state index contributed by atoms with van der Waals surface area (Å²) in [5.74, 6) is 0.